The lowest BCUT2D eigenvalue weighted by molar-refractivity contribution is 0.483. The van der Waals surface area contributed by atoms with Crippen molar-refractivity contribution in [2.24, 2.45) is 0 Å². The molecule has 0 aliphatic rings. The predicted octanol–water partition coefficient (Wildman–Crippen LogP) is 2.26. The maximum Gasteiger partial charge on any atom is 0.296 e. The molecule has 0 fully saturated rings. The van der Waals surface area contributed by atoms with Crippen molar-refractivity contribution >= 4 is 27.2 Å². The van der Waals surface area contributed by atoms with Crippen LogP contribution in [-0.4, -0.2) is 13.0 Å². The second-order valence-corrected chi connectivity index (χ2v) is 5.11. The van der Waals surface area contributed by atoms with Gasteiger partial charge in [0.05, 0.1) is 5.69 Å². The van der Waals surface area contributed by atoms with Crippen molar-refractivity contribution in [1.82, 2.24) is 0 Å². The summed E-state index contributed by atoms with van der Waals surface area (Å²) in [7, 11) is -4.29. The van der Waals surface area contributed by atoms with Crippen molar-refractivity contribution in [1.29, 1.82) is 0 Å². The molecule has 0 aliphatic carbocycles. The van der Waals surface area contributed by atoms with Gasteiger partial charge in [-0.2, -0.15) is 8.42 Å². The molecule has 0 heterocycles. The maximum absolute atomic E-state index is 11.2. The molecule has 4 N–H and O–H groups in total. The molecular formula is C12H12N2O3S. The Morgan fingerprint density at radius 2 is 1.72 bits per heavy atom. The number of anilines is 3. The highest BCUT2D eigenvalue weighted by atomic mass is 32.2. The third kappa shape index (κ3) is 2.79. The molecule has 2 rings (SSSR count). The molecule has 0 saturated carbocycles. The van der Waals surface area contributed by atoms with E-state index in [1.54, 1.807) is 12.1 Å². The predicted molar refractivity (Wildman–Crippen MR) is 70.4 cm³/mol. The molecule has 2 aromatic rings. The molecule has 0 aromatic heterocycles. The monoisotopic (exact) mass is 264 g/mol. The molecule has 18 heavy (non-hydrogen) atoms. The smallest absolute Gasteiger partial charge is 0.296 e. The van der Waals surface area contributed by atoms with Crippen molar-refractivity contribution in [3.8, 4) is 0 Å². The largest absolute Gasteiger partial charge is 0.399 e. The zero-order valence-electron chi connectivity index (χ0n) is 9.37. The Bertz CT molecular complexity index is 654. The van der Waals surface area contributed by atoms with E-state index in [-0.39, 0.29) is 10.6 Å². The lowest BCUT2D eigenvalue weighted by Gasteiger charge is -2.10. The Morgan fingerprint density at radius 1 is 1.06 bits per heavy atom. The van der Waals surface area contributed by atoms with Crippen LogP contribution in [0.25, 0.3) is 0 Å². The summed E-state index contributed by atoms with van der Waals surface area (Å²) >= 11 is 0. The molecule has 6 heteroatoms. The van der Waals surface area contributed by atoms with Crippen LogP contribution in [-0.2, 0) is 10.1 Å². The standard InChI is InChI=1S/C12H12N2O3S/c13-9-6-7-12(18(15,16)17)11(8-9)14-10-4-2-1-3-5-10/h1-8,14H,13H2,(H,15,16,17). The number of nitrogens with two attached hydrogens (primary N) is 1. The van der Waals surface area contributed by atoms with Crippen LogP contribution in [0.15, 0.2) is 53.4 Å². The van der Waals surface area contributed by atoms with Crippen LogP contribution >= 0.6 is 0 Å². The highest BCUT2D eigenvalue weighted by Crippen LogP contribution is 2.26. The summed E-state index contributed by atoms with van der Waals surface area (Å²) in [5.41, 5.74) is 6.95. The maximum atomic E-state index is 11.2. The van der Waals surface area contributed by atoms with Crippen LogP contribution in [0.5, 0.6) is 0 Å². The summed E-state index contributed by atoms with van der Waals surface area (Å²) in [5.74, 6) is 0. The topological polar surface area (TPSA) is 92.4 Å². The van der Waals surface area contributed by atoms with Crippen molar-refractivity contribution in [2.75, 3.05) is 11.1 Å². The number of nitrogen functional groups attached to an aromatic ring is 1. The Kier molecular flexibility index (Phi) is 3.22. The Balaban J connectivity index is 2.47. The summed E-state index contributed by atoms with van der Waals surface area (Å²) in [6.45, 7) is 0. The summed E-state index contributed by atoms with van der Waals surface area (Å²) in [4.78, 5) is -0.208. The van der Waals surface area contributed by atoms with Crippen molar-refractivity contribution in [3.63, 3.8) is 0 Å². The summed E-state index contributed by atoms with van der Waals surface area (Å²) in [5, 5.41) is 2.90. The van der Waals surface area contributed by atoms with E-state index in [1.165, 1.54) is 18.2 Å². The van der Waals surface area contributed by atoms with Gasteiger partial charge in [-0.15, -0.1) is 0 Å². The van der Waals surface area contributed by atoms with Crippen LogP contribution in [0.4, 0.5) is 17.1 Å². The van der Waals surface area contributed by atoms with E-state index < -0.39 is 10.1 Å². The Hall–Kier alpha value is -2.05. The van der Waals surface area contributed by atoms with Gasteiger partial charge in [-0.1, -0.05) is 18.2 Å². The van der Waals surface area contributed by atoms with E-state index in [1.807, 2.05) is 18.2 Å². The zero-order valence-corrected chi connectivity index (χ0v) is 10.2. The van der Waals surface area contributed by atoms with E-state index in [4.69, 9.17) is 10.3 Å². The first kappa shape index (κ1) is 12.4. The fraction of sp³-hybridized carbons (Fsp3) is 0. The summed E-state index contributed by atoms with van der Waals surface area (Å²) in [6, 6.07) is 13.1. The zero-order chi connectivity index (χ0) is 13.2. The number of hydrogen-bond acceptors (Lipinski definition) is 4. The first-order valence-corrected chi connectivity index (χ1v) is 6.60. The molecule has 5 nitrogen and oxygen atoms in total. The lowest BCUT2D eigenvalue weighted by atomic mass is 10.2. The second kappa shape index (κ2) is 4.67. The van der Waals surface area contributed by atoms with E-state index in [9.17, 15) is 8.42 Å². The van der Waals surface area contributed by atoms with Crippen LogP contribution in [0.2, 0.25) is 0 Å². The molecule has 0 amide bonds. The van der Waals surface area contributed by atoms with Gasteiger partial charge in [0.25, 0.3) is 10.1 Å². The molecule has 0 unspecified atom stereocenters. The third-order valence-electron chi connectivity index (χ3n) is 2.33. The van der Waals surface area contributed by atoms with Crippen LogP contribution in [0.1, 0.15) is 0 Å². The average Bonchev–Trinajstić information content (AvgIpc) is 2.28. The summed E-state index contributed by atoms with van der Waals surface area (Å²) < 4.78 is 31.6. The number of rotatable bonds is 3. The first-order valence-electron chi connectivity index (χ1n) is 5.16. The molecule has 0 saturated heterocycles. The fourth-order valence-electron chi connectivity index (χ4n) is 1.55. The van der Waals surface area contributed by atoms with Crippen molar-refractivity contribution in [2.45, 2.75) is 4.90 Å². The molecule has 2 aromatic carbocycles. The van der Waals surface area contributed by atoms with E-state index >= 15 is 0 Å². The van der Waals surface area contributed by atoms with E-state index in [0.717, 1.165) is 0 Å². The molecule has 0 spiro atoms. The minimum Gasteiger partial charge on any atom is -0.399 e. The van der Waals surface area contributed by atoms with Gasteiger partial charge in [0.15, 0.2) is 0 Å². The van der Waals surface area contributed by atoms with Gasteiger partial charge in [0.1, 0.15) is 4.90 Å². The van der Waals surface area contributed by atoms with Gasteiger partial charge in [-0.05, 0) is 30.3 Å². The number of benzene rings is 2. The average molecular weight is 264 g/mol. The van der Waals surface area contributed by atoms with Gasteiger partial charge in [0, 0.05) is 11.4 Å². The van der Waals surface area contributed by atoms with Crippen molar-refractivity contribution in [3.05, 3.63) is 48.5 Å². The van der Waals surface area contributed by atoms with E-state index in [0.29, 0.717) is 11.4 Å². The molecule has 0 bridgehead atoms. The highest BCUT2D eigenvalue weighted by molar-refractivity contribution is 7.86. The number of para-hydroxylation sites is 1. The minimum atomic E-state index is -4.29. The quantitative estimate of drug-likeness (QED) is 0.584. The van der Waals surface area contributed by atoms with Crippen molar-refractivity contribution < 1.29 is 13.0 Å². The van der Waals surface area contributed by atoms with E-state index in [2.05, 4.69) is 5.32 Å². The van der Waals surface area contributed by atoms with Crippen LogP contribution in [0.3, 0.4) is 0 Å². The SMILES string of the molecule is Nc1ccc(S(=O)(=O)O)c(Nc2ccccc2)c1. The van der Waals surface area contributed by atoms with Gasteiger partial charge in [-0.25, -0.2) is 0 Å². The van der Waals surface area contributed by atoms with Crippen LogP contribution < -0.4 is 11.1 Å². The minimum absolute atomic E-state index is 0.208. The lowest BCUT2D eigenvalue weighted by Crippen LogP contribution is -2.04. The number of hydrogen-bond donors (Lipinski definition) is 3. The number of nitrogens with one attached hydrogen (secondary N) is 1. The fourth-order valence-corrected chi connectivity index (χ4v) is 2.18. The van der Waals surface area contributed by atoms with Gasteiger partial charge < -0.3 is 11.1 Å². The second-order valence-electron chi connectivity index (χ2n) is 3.72. The van der Waals surface area contributed by atoms with Crippen LogP contribution in [0, 0.1) is 0 Å². The summed E-state index contributed by atoms with van der Waals surface area (Å²) in [6.07, 6.45) is 0. The Morgan fingerprint density at radius 3 is 2.33 bits per heavy atom. The Labute approximate surface area is 105 Å². The molecular weight excluding hydrogens is 252 g/mol. The highest BCUT2D eigenvalue weighted by Gasteiger charge is 2.15. The van der Waals surface area contributed by atoms with Gasteiger partial charge in [-0.3, -0.25) is 4.55 Å². The van der Waals surface area contributed by atoms with Gasteiger partial charge in [0.2, 0.25) is 0 Å². The molecule has 0 radical (unpaired) electrons. The first-order chi connectivity index (χ1) is 8.47. The van der Waals surface area contributed by atoms with Gasteiger partial charge >= 0.3 is 0 Å². The normalized spacial score (nSPS) is 11.2. The third-order valence-corrected chi connectivity index (χ3v) is 3.25. The molecule has 94 valence electrons. The molecule has 0 atom stereocenters. The molecule has 0 aliphatic heterocycles.